The molecule has 11 nitrogen and oxygen atoms in total. The van der Waals surface area contributed by atoms with Gasteiger partial charge in [-0.1, -0.05) is 0 Å². The zero-order valence-electron chi connectivity index (χ0n) is 23.0. The van der Waals surface area contributed by atoms with Gasteiger partial charge in [0.05, 0.1) is 36.4 Å². The minimum absolute atomic E-state index is 0.102. The molecule has 0 radical (unpaired) electrons. The van der Waals surface area contributed by atoms with Crippen molar-refractivity contribution in [3.8, 4) is 22.6 Å². The number of nitrogens with zero attached hydrogens (tertiary/aromatic N) is 3. The lowest BCUT2D eigenvalue weighted by molar-refractivity contribution is -0.294. The van der Waals surface area contributed by atoms with Crippen molar-refractivity contribution in [2.75, 3.05) is 18.5 Å². The third kappa shape index (κ3) is 5.69. The maximum absolute atomic E-state index is 13.8. The summed E-state index contributed by atoms with van der Waals surface area (Å²) in [6.45, 7) is 4.53. The number of carbonyl (C=O) groups is 2. The summed E-state index contributed by atoms with van der Waals surface area (Å²) in [4.78, 5) is 41.9. The number of carbonyl (C=O) groups excluding carboxylic acids is 2. The smallest absolute Gasteiger partial charge is 0.316 e. The van der Waals surface area contributed by atoms with Crippen molar-refractivity contribution in [3.63, 3.8) is 0 Å². The first kappa shape index (κ1) is 28.8. The van der Waals surface area contributed by atoms with Crippen LogP contribution < -0.4 is 11.1 Å². The summed E-state index contributed by atoms with van der Waals surface area (Å²) in [5, 5.41) is 3.00. The van der Waals surface area contributed by atoms with Gasteiger partial charge in [-0.25, -0.2) is 23.7 Å². The molecule has 1 amide bonds. The number of ether oxygens (including phenoxy) is 3. The van der Waals surface area contributed by atoms with Crippen molar-refractivity contribution in [1.29, 1.82) is 0 Å². The van der Waals surface area contributed by atoms with E-state index in [9.17, 15) is 18.4 Å². The van der Waals surface area contributed by atoms with E-state index in [0.717, 1.165) is 0 Å². The monoisotopic (exact) mass is 578 g/mol. The fraction of sp³-hybridized carbons (Fsp3) is 0.276. The summed E-state index contributed by atoms with van der Waals surface area (Å²) in [6.07, 6.45) is 1.13. The first-order chi connectivity index (χ1) is 20.0. The highest BCUT2D eigenvalue weighted by Gasteiger charge is 2.54. The van der Waals surface area contributed by atoms with Gasteiger partial charge in [0.1, 0.15) is 17.0 Å². The molecule has 0 atom stereocenters. The second-order valence-electron chi connectivity index (χ2n) is 10.3. The van der Waals surface area contributed by atoms with E-state index >= 15 is 0 Å². The van der Waals surface area contributed by atoms with Crippen LogP contribution in [-0.2, 0) is 29.6 Å². The third-order valence-electron chi connectivity index (χ3n) is 6.49. The molecular weight excluding hydrogens is 550 g/mol. The van der Waals surface area contributed by atoms with Gasteiger partial charge in [0, 0.05) is 17.4 Å². The molecule has 1 aliphatic heterocycles. The lowest BCUT2D eigenvalue weighted by atomic mass is 9.91. The number of aromatic amines is 1. The van der Waals surface area contributed by atoms with Crippen molar-refractivity contribution in [2.45, 2.75) is 32.7 Å². The molecule has 0 bridgehead atoms. The summed E-state index contributed by atoms with van der Waals surface area (Å²) >= 11 is 0. The molecule has 5 rings (SSSR count). The highest BCUT2D eigenvalue weighted by Crippen LogP contribution is 2.39. The van der Waals surface area contributed by atoms with E-state index in [4.69, 9.17) is 19.9 Å². The van der Waals surface area contributed by atoms with Gasteiger partial charge in [-0.15, -0.1) is 0 Å². The Morgan fingerprint density at radius 2 is 1.62 bits per heavy atom. The van der Waals surface area contributed by atoms with Gasteiger partial charge < -0.3 is 30.2 Å². The number of benzene rings is 2. The molecule has 4 N–H and O–H groups in total. The van der Waals surface area contributed by atoms with Crippen LogP contribution in [-0.4, -0.2) is 51.1 Å². The largest absolute Gasteiger partial charge is 0.462 e. The zero-order valence-corrected chi connectivity index (χ0v) is 23.0. The normalized spacial score (nSPS) is 20.3. The standard InChI is InChI=1S/C29H28F2N6O5/c1-16(2)42-26(39)28(3)14-40-29(24(32)38,41-15-28)25-36-22(17-4-6-18(30)7-5-17)23(37-25)21-12-13-33-27(35-21)34-20-10-8-19(31)9-11-20/h4-13,16H,14-15H2,1-3H3,(H2,32,38)(H,36,37)(H,33,34,35). The van der Waals surface area contributed by atoms with E-state index < -0.39 is 34.7 Å². The Morgan fingerprint density at radius 3 is 2.21 bits per heavy atom. The molecule has 218 valence electrons. The minimum atomic E-state index is -2.17. The first-order valence-corrected chi connectivity index (χ1v) is 13.0. The summed E-state index contributed by atoms with van der Waals surface area (Å²) in [5.74, 6) is -4.49. The van der Waals surface area contributed by atoms with Crippen molar-refractivity contribution >= 4 is 23.5 Å². The number of rotatable bonds is 8. The number of aromatic nitrogens is 4. The van der Waals surface area contributed by atoms with E-state index in [-0.39, 0.29) is 36.8 Å². The van der Waals surface area contributed by atoms with E-state index in [1.807, 2.05) is 0 Å². The number of imidazole rings is 1. The Labute approximate surface area is 239 Å². The van der Waals surface area contributed by atoms with Crippen LogP contribution in [0.1, 0.15) is 26.6 Å². The first-order valence-electron chi connectivity index (χ1n) is 13.0. The van der Waals surface area contributed by atoms with Crippen LogP contribution in [0.4, 0.5) is 20.4 Å². The lowest BCUT2D eigenvalue weighted by Gasteiger charge is -2.40. The topological polar surface area (TPSA) is 154 Å². The highest BCUT2D eigenvalue weighted by molar-refractivity contribution is 5.85. The molecular formula is C29H28F2N6O5. The third-order valence-corrected chi connectivity index (χ3v) is 6.49. The SMILES string of the molecule is CC(C)OC(=O)C1(C)COC(C(N)=O)(c2nc(-c3ccc(F)cc3)c(-c3ccnc(Nc4ccc(F)cc4)n3)[nH]2)OC1. The number of H-pyrrole nitrogens is 1. The zero-order chi connectivity index (χ0) is 30.1. The van der Waals surface area contributed by atoms with Gasteiger partial charge in [0.15, 0.2) is 5.82 Å². The predicted octanol–water partition coefficient (Wildman–Crippen LogP) is 4.20. The Hall–Kier alpha value is -4.75. The molecule has 2 aromatic heterocycles. The quantitative estimate of drug-likeness (QED) is 0.261. The average molecular weight is 579 g/mol. The number of nitrogens with two attached hydrogens (primary N) is 1. The Balaban J connectivity index is 1.54. The van der Waals surface area contributed by atoms with E-state index in [1.54, 1.807) is 26.8 Å². The molecule has 1 aliphatic rings. The van der Waals surface area contributed by atoms with E-state index in [0.29, 0.717) is 22.6 Å². The Bertz CT molecular complexity index is 1600. The molecule has 42 heavy (non-hydrogen) atoms. The summed E-state index contributed by atoms with van der Waals surface area (Å²) in [6, 6.07) is 12.8. The molecule has 0 spiro atoms. The number of nitrogens with one attached hydrogen (secondary N) is 2. The number of hydrogen-bond acceptors (Lipinski definition) is 9. The average Bonchev–Trinajstić information content (AvgIpc) is 3.41. The highest BCUT2D eigenvalue weighted by atomic mass is 19.1. The van der Waals surface area contributed by atoms with Crippen molar-refractivity contribution in [2.24, 2.45) is 11.1 Å². The summed E-state index contributed by atoms with van der Waals surface area (Å²) in [7, 11) is 0. The van der Waals surface area contributed by atoms with Crippen molar-refractivity contribution < 1.29 is 32.6 Å². The van der Waals surface area contributed by atoms with Crippen LogP contribution in [0.25, 0.3) is 22.6 Å². The minimum Gasteiger partial charge on any atom is -0.462 e. The molecule has 4 aromatic rings. The molecule has 3 heterocycles. The van der Waals surface area contributed by atoms with Crippen LogP contribution in [0.3, 0.4) is 0 Å². The molecule has 13 heteroatoms. The maximum Gasteiger partial charge on any atom is 0.316 e. The molecule has 0 saturated carbocycles. The Morgan fingerprint density at radius 1 is 1.00 bits per heavy atom. The molecule has 0 unspecified atom stereocenters. The van der Waals surface area contributed by atoms with Gasteiger partial charge in [0.2, 0.25) is 5.95 Å². The number of hydrogen-bond donors (Lipinski definition) is 3. The lowest BCUT2D eigenvalue weighted by Crippen LogP contribution is -2.56. The van der Waals surface area contributed by atoms with Crippen molar-refractivity contribution in [1.82, 2.24) is 19.9 Å². The van der Waals surface area contributed by atoms with Gasteiger partial charge in [-0.05, 0) is 75.4 Å². The summed E-state index contributed by atoms with van der Waals surface area (Å²) in [5.41, 5.74) is 6.56. The van der Waals surface area contributed by atoms with Crippen LogP contribution >= 0.6 is 0 Å². The maximum atomic E-state index is 13.8. The van der Waals surface area contributed by atoms with Gasteiger partial charge >= 0.3 is 11.8 Å². The number of halogens is 2. The molecule has 1 fully saturated rings. The van der Waals surface area contributed by atoms with Crippen LogP contribution in [0.2, 0.25) is 0 Å². The molecule has 0 aliphatic carbocycles. The fourth-order valence-corrected chi connectivity index (χ4v) is 4.23. The van der Waals surface area contributed by atoms with Gasteiger partial charge in [0.25, 0.3) is 5.91 Å². The van der Waals surface area contributed by atoms with E-state index in [1.165, 1.54) is 54.7 Å². The fourth-order valence-electron chi connectivity index (χ4n) is 4.23. The second kappa shape index (κ2) is 11.3. The number of anilines is 2. The summed E-state index contributed by atoms with van der Waals surface area (Å²) < 4.78 is 44.2. The van der Waals surface area contributed by atoms with Gasteiger partial charge in [-0.2, -0.15) is 0 Å². The molecule has 2 aromatic carbocycles. The number of amides is 1. The van der Waals surface area contributed by atoms with Gasteiger partial charge in [-0.3, -0.25) is 9.59 Å². The second-order valence-corrected chi connectivity index (χ2v) is 10.3. The van der Waals surface area contributed by atoms with Crippen molar-refractivity contribution in [3.05, 3.63) is 78.3 Å². The van der Waals surface area contributed by atoms with Crippen LogP contribution in [0, 0.1) is 17.0 Å². The molecule has 1 saturated heterocycles. The Kier molecular flexibility index (Phi) is 7.71. The van der Waals surface area contributed by atoms with E-state index in [2.05, 4.69) is 25.3 Å². The van der Waals surface area contributed by atoms with Crippen LogP contribution in [0.15, 0.2) is 60.8 Å². The predicted molar refractivity (Wildman–Crippen MR) is 147 cm³/mol. The van der Waals surface area contributed by atoms with Crippen LogP contribution in [0.5, 0.6) is 0 Å². The number of esters is 1. The number of primary amides is 1.